The van der Waals surface area contributed by atoms with E-state index < -0.39 is 53.4 Å². The summed E-state index contributed by atoms with van der Waals surface area (Å²) in [5, 5.41) is 28.2. The number of imide groups is 1. The van der Waals surface area contributed by atoms with E-state index in [9.17, 15) is 27.9 Å². The average Bonchev–Trinajstić information content (AvgIpc) is 2.94. The number of nitriles is 2. The number of hydrogen-bond donors (Lipinski definition) is 1. The van der Waals surface area contributed by atoms with Crippen LogP contribution in [0.25, 0.3) is 0 Å². The topological polar surface area (TPSA) is 114 Å². The first-order valence-corrected chi connectivity index (χ1v) is 8.43. The van der Waals surface area contributed by atoms with Crippen LogP contribution < -0.4 is 9.64 Å². The molecule has 0 aliphatic carbocycles. The third-order valence-corrected chi connectivity index (χ3v) is 4.44. The summed E-state index contributed by atoms with van der Waals surface area (Å²) < 4.78 is 44.9. The number of halogens is 3. The molecule has 1 saturated heterocycles. The van der Waals surface area contributed by atoms with Gasteiger partial charge in [0.15, 0.2) is 5.60 Å². The van der Waals surface area contributed by atoms with E-state index in [1.807, 2.05) is 6.07 Å². The van der Waals surface area contributed by atoms with E-state index >= 15 is 0 Å². The molecule has 3 rings (SSSR count). The number of aliphatic hydroxyl groups is 1. The molecular weight excluding hydrogens is 403 g/mol. The molecule has 0 bridgehead atoms. The fraction of sp³-hybridized carbons (Fsp3) is 0.200. The van der Waals surface area contributed by atoms with Crippen LogP contribution in [0.3, 0.4) is 0 Å². The lowest BCUT2D eigenvalue weighted by Gasteiger charge is -2.22. The molecule has 2 amide bonds. The van der Waals surface area contributed by atoms with Crippen molar-refractivity contribution >= 4 is 17.5 Å². The lowest BCUT2D eigenvalue weighted by atomic mass is 10.0. The van der Waals surface area contributed by atoms with E-state index in [-0.39, 0.29) is 5.75 Å². The van der Waals surface area contributed by atoms with Gasteiger partial charge in [-0.1, -0.05) is 0 Å². The van der Waals surface area contributed by atoms with Crippen molar-refractivity contribution in [1.82, 2.24) is 0 Å². The summed E-state index contributed by atoms with van der Waals surface area (Å²) in [6.07, 6.45) is -5.56. The molecule has 1 aliphatic heterocycles. The number of alkyl halides is 3. The molecule has 1 aliphatic rings. The van der Waals surface area contributed by atoms with Crippen LogP contribution in [0.1, 0.15) is 23.1 Å². The van der Waals surface area contributed by atoms with Gasteiger partial charge in [-0.25, -0.2) is 4.90 Å². The third kappa shape index (κ3) is 3.81. The van der Waals surface area contributed by atoms with Gasteiger partial charge in [-0.2, -0.15) is 23.7 Å². The summed E-state index contributed by atoms with van der Waals surface area (Å²) >= 11 is 0. The zero-order valence-electron chi connectivity index (χ0n) is 15.1. The normalized spacial score (nSPS) is 18.8. The molecule has 1 fully saturated rings. The summed E-state index contributed by atoms with van der Waals surface area (Å²) in [4.78, 5) is 25.4. The van der Waals surface area contributed by atoms with Crippen molar-refractivity contribution in [3.8, 4) is 17.9 Å². The fourth-order valence-corrected chi connectivity index (χ4v) is 2.93. The van der Waals surface area contributed by atoms with E-state index in [1.54, 1.807) is 0 Å². The maximum atomic E-state index is 13.2. The second kappa shape index (κ2) is 7.50. The van der Waals surface area contributed by atoms with Crippen LogP contribution in [0, 0.1) is 22.7 Å². The van der Waals surface area contributed by atoms with Crippen molar-refractivity contribution in [2.45, 2.75) is 18.2 Å². The van der Waals surface area contributed by atoms with Gasteiger partial charge in [-0.3, -0.25) is 9.59 Å². The number of anilines is 1. The van der Waals surface area contributed by atoms with Crippen molar-refractivity contribution in [1.29, 1.82) is 10.5 Å². The standard InChI is InChI=1S/C20H12F3N3O4/c21-20(22,23)16-7-14(4-3-13(16)10-25)26-17(27)8-19(29,18(26)28)11-30-15-5-1-12(9-24)2-6-15/h1-7,29H,8,11H2. The highest BCUT2D eigenvalue weighted by atomic mass is 19.4. The Morgan fingerprint density at radius 1 is 1.10 bits per heavy atom. The lowest BCUT2D eigenvalue weighted by Crippen LogP contribution is -2.45. The van der Waals surface area contributed by atoms with Crippen LogP contribution in [-0.2, 0) is 15.8 Å². The van der Waals surface area contributed by atoms with Gasteiger partial charge in [0.25, 0.3) is 5.91 Å². The number of ether oxygens (including phenoxy) is 1. The minimum Gasteiger partial charge on any atom is -0.490 e. The second-order valence-electron chi connectivity index (χ2n) is 6.51. The Labute approximate surface area is 168 Å². The maximum absolute atomic E-state index is 13.2. The number of amides is 2. The average molecular weight is 415 g/mol. The van der Waals surface area contributed by atoms with Crippen LogP contribution in [0.15, 0.2) is 42.5 Å². The van der Waals surface area contributed by atoms with Gasteiger partial charge in [0.1, 0.15) is 12.4 Å². The molecule has 7 nitrogen and oxygen atoms in total. The molecule has 0 radical (unpaired) electrons. The van der Waals surface area contributed by atoms with Gasteiger partial charge in [-0.15, -0.1) is 0 Å². The highest BCUT2D eigenvalue weighted by Crippen LogP contribution is 2.37. The lowest BCUT2D eigenvalue weighted by molar-refractivity contribution is -0.138. The SMILES string of the molecule is N#Cc1ccc(OCC2(O)CC(=O)N(c3ccc(C#N)c(C(F)(F)F)c3)C2=O)cc1. The first kappa shape index (κ1) is 20.8. The molecule has 152 valence electrons. The van der Waals surface area contributed by atoms with E-state index in [4.69, 9.17) is 15.3 Å². The first-order chi connectivity index (χ1) is 14.1. The van der Waals surface area contributed by atoms with Gasteiger partial charge >= 0.3 is 6.18 Å². The van der Waals surface area contributed by atoms with Crippen LogP contribution in [0.5, 0.6) is 5.75 Å². The van der Waals surface area contributed by atoms with E-state index in [1.165, 1.54) is 30.3 Å². The largest absolute Gasteiger partial charge is 0.490 e. The predicted octanol–water partition coefficient (Wildman–Crippen LogP) is 2.52. The van der Waals surface area contributed by atoms with Crippen LogP contribution in [0.4, 0.5) is 18.9 Å². The number of nitrogens with zero attached hydrogens (tertiary/aromatic N) is 3. The van der Waals surface area contributed by atoms with Crippen LogP contribution >= 0.6 is 0 Å². The molecule has 10 heteroatoms. The molecule has 1 heterocycles. The monoisotopic (exact) mass is 415 g/mol. The Balaban J connectivity index is 1.85. The Hall–Kier alpha value is -3.89. The fourth-order valence-electron chi connectivity index (χ4n) is 2.93. The van der Waals surface area contributed by atoms with E-state index in [0.717, 1.165) is 12.1 Å². The number of carbonyl (C=O) groups is 2. The first-order valence-electron chi connectivity index (χ1n) is 8.43. The molecule has 2 aromatic rings. The Morgan fingerprint density at radius 3 is 2.33 bits per heavy atom. The minimum absolute atomic E-state index is 0.221. The van der Waals surface area contributed by atoms with Crippen molar-refractivity contribution < 1.29 is 32.6 Å². The van der Waals surface area contributed by atoms with E-state index in [0.29, 0.717) is 16.5 Å². The van der Waals surface area contributed by atoms with Crippen molar-refractivity contribution in [2.75, 3.05) is 11.5 Å². The highest BCUT2D eigenvalue weighted by molar-refractivity contribution is 6.24. The number of carbonyl (C=O) groups excluding carboxylic acids is 2. The molecule has 1 unspecified atom stereocenters. The zero-order chi connectivity index (χ0) is 22.1. The molecule has 1 atom stereocenters. The van der Waals surface area contributed by atoms with Gasteiger partial charge < -0.3 is 9.84 Å². The summed E-state index contributed by atoms with van der Waals surface area (Å²) in [5.74, 6) is -1.83. The van der Waals surface area contributed by atoms with Gasteiger partial charge in [0.2, 0.25) is 5.91 Å². The minimum atomic E-state index is -4.87. The number of benzene rings is 2. The predicted molar refractivity (Wildman–Crippen MR) is 94.9 cm³/mol. The summed E-state index contributed by atoms with van der Waals surface area (Å²) in [7, 11) is 0. The molecule has 0 spiro atoms. The number of hydrogen-bond acceptors (Lipinski definition) is 6. The third-order valence-electron chi connectivity index (χ3n) is 4.44. The molecule has 1 N–H and O–H groups in total. The van der Waals surface area contributed by atoms with Gasteiger partial charge in [0, 0.05) is 0 Å². The van der Waals surface area contributed by atoms with E-state index in [2.05, 4.69) is 0 Å². The smallest absolute Gasteiger partial charge is 0.417 e. The second-order valence-corrected chi connectivity index (χ2v) is 6.51. The summed E-state index contributed by atoms with van der Waals surface area (Å²) in [6, 6.07) is 11.5. The molecular formula is C20H12F3N3O4. The van der Waals surface area contributed by atoms with Crippen molar-refractivity contribution in [3.63, 3.8) is 0 Å². The van der Waals surface area contributed by atoms with Crippen LogP contribution in [0.2, 0.25) is 0 Å². The Morgan fingerprint density at radius 2 is 1.77 bits per heavy atom. The van der Waals surface area contributed by atoms with Crippen molar-refractivity contribution in [2.24, 2.45) is 0 Å². The molecule has 30 heavy (non-hydrogen) atoms. The Bertz CT molecular complexity index is 1100. The van der Waals surface area contributed by atoms with Gasteiger partial charge in [0.05, 0.1) is 40.9 Å². The van der Waals surface area contributed by atoms with Crippen LogP contribution in [-0.4, -0.2) is 29.1 Å². The molecule has 0 saturated carbocycles. The quantitative estimate of drug-likeness (QED) is 0.768. The zero-order valence-corrected chi connectivity index (χ0v) is 15.1. The molecule has 2 aromatic carbocycles. The Kier molecular flexibility index (Phi) is 5.21. The number of rotatable bonds is 4. The van der Waals surface area contributed by atoms with Gasteiger partial charge in [-0.05, 0) is 42.5 Å². The highest BCUT2D eigenvalue weighted by Gasteiger charge is 2.52. The van der Waals surface area contributed by atoms with Crippen molar-refractivity contribution in [3.05, 3.63) is 59.2 Å². The summed E-state index contributed by atoms with van der Waals surface area (Å²) in [6.45, 7) is -0.623. The molecule has 0 aromatic heterocycles. The summed E-state index contributed by atoms with van der Waals surface area (Å²) in [5.41, 5.74) is -4.29. The maximum Gasteiger partial charge on any atom is 0.417 e.